The molecule has 26 heavy (non-hydrogen) atoms. The molecule has 1 unspecified atom stereocenters. The molecule has 1 saturated heterocycles. The molecule has 6 nitrogen and oxygen atoms in total. The maximum atomic E-state index is 5.61. The summed E-state index contributed by atoms with van der Waals surface area (Å²) in [4.78, 5) is 11.2. The number of guanidine groups is 1. The second kappa shape index (κ2) is 9.91. The first-order valence-corrected chi connectivity index (χ1v) is 8.65. The van der Waals surface area contributed by atoms with Gasteiger partial charge in [-0.15, -0.1) is 24.0 Å². The minimum Gasteiger partial charge on any atom is -0.444 e. The van der Waals surface area contributed by atoms with Gasteiger partial charge in [-0.05, 0) is 25.5 Å². The predicted octanol–water partition coefficient (Wildman–Crippen LogP) is 3.31. The normalized spacial score (nSPS) is 17.3. The van der Waals surface area contributed by atoms with Crippen LogP contribution in [0.15, 0.2) is 39.9 Å². The maximum absolute atomic E-state index is 5.61. The van der Waals surface area contributed by atoms with Gasteiger partial charge < -0.3 is 19.4 Å². The van der Waals surface area contributed by atoms with E-state index in [4.69, 9.17) is 9.15 Å². The number of rotatable bonds is 5. The zero-order valence-corrected chi connectivity index (χ0v) is 17.9. The van der Waals surface area contributed by atoms with Crippen molar-refractivity contribution in [3.05, 3.63) is 41.8 Å². The van der Waals surface area contributed by atoms with E-state index in [2.05, 4.69) is 39.2 Å². The van der Waals surface area contributed by atoms with Crippen molar-refractivity contribution in [2.24, 2.45) is 10.9 Å². The Labute approximate surface area is 172 Å². The molecule has 1 N–H and O–H groups in total. The monoisotopic (exact) mass is 470 g/mol. The Balaban J connectivity index is 0.00000243. The van der Waals surface area contributed by atoms with Crippen LogP contribution in [0.5, 0.6) is 0 Å². The van der Waals surface area contributed by atoms with Crippen LogP contribution < -0.4 is 5.32 Å². The van der Waals surface area contributed by atoms with E-state index >= 15 is 0 Å². The SMILES string of the molecule is CN=C(NCc1coc(-c2ccc(C)cc2)n1)N1CCC(COC)C1.I. The number of aliphatic imine (C=N–C) groups is 1. The van der Waals surface area contributed by atoms with Crippen molar-refractivity contribution in [2.45, 2.75) is 19.9 Å². The summed E-state index contributed by atoms with van der Waals surface area (Å²) in [6.45, 7) is 5.43. The molecule has 0 saturated carbocycles. The summed E-state index contributed by atoms with van der Waals surface area (Å²) in [5.41, 5.74) is 3.07. The second-order valence-electron chi connectivity index (χ2n) is 6.47. The van der Waals surface area contributed by atoms with Gasteiger partial charge in [-0.1, -0.05) is 17.7 Å². The number of hydrogen-bond donors (Lipinski definition) is 1. The molecule has 1 aromatic heterocycles. The Morgan fingerprint density at radius 2 is 2.15 bits per heavy atom. The van der Waals surface area contributed by atoms with Crippen LogP contribution in [0.2, 0.25) is 0 Å². The molecular formula is C19H27IN4O2. The molecule has 1 aromatic carbocycles. The van der Waals surface area contributed by atoms with E-state index in [1.165, 1.54) is 5.56 Å². The van der Waals surface area contributed by atoms with Crippen LogP contribution in [0.3, 0.4) is 0 Å². The van der Waals surface area contributed by atoms with Gasteiger partial charge in [-0.25, -0.2) is 4.98 Å². The Bertz CT molecular complexity index is 715. The first-order valence-electron chi connectivity index (χ1n) is 8.65. The van der Waals surface area contributed by atoms with Gasteiger partial charge >= 0.3 is 0 Å². The van der Waals surface area contributed by atoms with Crippen LogP contribution in [0, 0.1) is 12.8 Å². The fourth-order valence-electron chi connectivity index (χ4n) is 3.12. The topological polar surface area (TPSA) is 62.9 Å². The van der Waals surface area contributed by atoms with E-state index in [1.54, 1.807) is 13.4 Å². The molecule has 1 fully saturated rings. The molecule has 0 bridgehead atoms. The highest BCUT2D eigenvalue weighted by atomic mass is 127. The Morgan fingerprint density at radius 1 is 1.38 bits per heavy atom. The molecule has 0 radical (unpaired) electrons. The first kappa shape index (κ1) is 20.7. The van der Waals surface area contributed by atoms with E-state index in [9.17, 15) is 0 Å². The highest BCUT2D eigenvalue weighted by molar-refractivity contribution is 14.0. The van der Waals surface area contributed by atoms with Crippen molar-refractivity contribution in [2.75, 3.05) is 33.9 Å². The molecule has 0 spiro atoms. The van der Waals surface area contributed by atoms with Gasteiger partial charge in [0.15, 0.2) is 5.96 Å². The van der Waals surface area contributed by atoms with Crippen LogP contribution >= 0.6 is 24.0 Å². The zero-order valence-electron chi connectivity index (χ0n) is 15.6. The summed E-state index contributed by atoms with van der Waals surface area (Å²) < 4.78 is 10.9. The van der Waals surface area contributed by atoms with Crippen molar-refractivity contribution in [3.63, 3.8) is 0 Å². The number of oxazole rings is 1. The lowest BCUT2D eigenvalue weighted by atomic mass is 10.1. The molecule has 0 amide bonds. The molecule has 3 rings (SSSR count). The number of benzene rings is 1. The summed E-state index contributed by atoms with van der Waals surface area (Å²) >= 11 is 0. The lowest BCUT2D eigenvalue weighted by Gasteiger charge is -2.21. The largest absolute Gasteiger partial charge is 0.444 e. The van der Waals surface area contributed by atoms with Gasteiger partial charge in [0.25, 0.3) is 0 Å². The number of hydrogen-bond acceptors (Lipinski definition) is 4. The van der Waals surface area contributed by atoms with Crippen LogP contribution in [0.4, 0.5) is 0 Å². The van der Waals surface area contributed by atoms with E-state index in [1.807, 2.05) is 19.2 Å². The van der Waals surface area contributed by atoms with Crippen LogP contribution in [0.1, 0.15) is 17.7 Å². The van der Waals surface area contributed by atoms with Crippen molar-refractivity contribution < 1.29 is 9.15 Å². The fourth-order valence-corrected chi connectivity index (χ4v) is 3.12. The molecule has 2 aromatic rings. The summed E-state index contributed by atoms with van der Waals surface area (Å²) in [5.74, 6) is 2.12. The lowest BCUT2D eigenvalue weighted by Crippen LogP contribution is -2.39. The van der Waals surface area contributed by atoms with E-state index in [0.29, 0.717) is 18.4 Å². The fraction of sp³-hybridized carbons (Fsp3) is 0.474. The van der Waals surface area contributed by atoms with Crippen molar-refractivity contribution in [3.8, 4) is 11.5 Å². The second-order valence-corrected chi connectivity index (χ2v) is 6.47. The van der Waals surface area contributed by atoms with Crippen molar-refractivity contribution in [1.29, 1.82) is 0 Å². The lowest BCUT2D eigenvalue weighted by molar-refractivity contribution is 0.157. The van der Waals surface area contributed by atoms with Crippen molar-refractivity contribution >= 4 is 29.9 Å². The molecule has 7 heteroatoms. The summed E-state index contributed by atoms with van der Waals surface area (Å²) in [6, 6.07) is 8.17. The molecule has 1 aliphatic heterocycles. The van der Waals surface area contributed by atoms with Gasteiger partial charge in [-0.3, -0.25) is 4.99 Å². The average Bonchev–Trinajstić information content (AvgIpc) is 3.27. The standard InChI is InChI=1S/C19H26N4O2.HI/c1-14-4-6-16(7-5-14)18-22-17(13-25-18)10-21-19(20-2)23-9-8-15(11-23)12-24-3;/h4-7,13,15H,8-12H2,1-3H3,(H,20,21);1H. The van der Waals surface area contributed by atoms with Gasteiger partial charge in [0.1, 0.15) is 6.26 Å². The van der Waals surface area contributed by atoms with E-state index in [-0.39, 0.29) is 24.0 Å². The van der Waals surface area contributed by atoms with Crippen LogP contribution in [-0.2, 0) is 11.3 Å². The first-order chi connectivity index (χ1) is 12.2. The number of nitrogens with one attached hydrogen (secondary N) is 1. The van der Waals surface area contributed by atoms with E-state index < -0.39 is 0 Å². The van der Waals surface area contributed by atoms with Gasteiger partial charge in [0.2, 0.25) is 5.89 Å². The summed E-state index contributed by atoms with van der Waals surface area (Å²) in [5, 5.41) is 3.38. The average molecular weight is 470 g/mol. The third-order valence-corrected chi connectivity index (χ3v) is 4.48. The number of aromatic nitrogens is 1. The number of ether oxygens (including phenoxy) is 1. The third kappa shape index (κ3) is 5.20. The van der Waals surface area contributed by atoms with Crippen molar-refractivity contribution in [1.82, 2.24) is 15.2 Å². The quantitative estimate of drug-likeness (QED) is 0.413. The number of aryl methyl sites for hydroxylation is 1. The summed E-state index contributed by atoms with van der Waals surface area (Å²) in [6.07, 6.45) is 2.84. The van der Waals surface area contributed by atoms with Gasteiger partial charge in [0, 0.05) is 38.7 Å². The minimum absolute atomic E-state index is 0. The third-order valence-electron chi connectivity index (χ3n) is 4.48. The highest BCUT2D eigenvalue weighted by Crippen LogP contribution is 2.19. The molecular weight excluding hydrogens is 443 g/mol. The number of nitrogens with zero attached hydrogens (tertiary/aromatic N) is 3. The smallest absolute Gasteiger partial charge is 0.226 e. The van der Waals surface area contributed by atoms with Crippen LogP contribution in [-0.4, -0.2) is 49.7 Å². The molecule has 2 heterocycles. The van der Waals surface area contributed by atoms with Gasteiger partial charge in [-0.2, -0.15) is 0 Å². The predicted molar refractivity (Wildman–Crippen MR) is 114 cm³/mol. The molecule has 1 aliphatic rings. The Hall–Kier alpha value is -1.61. The Kier molecular flexibility index (Phi) is 7.89. The van der Waals surface area contributed by atoms with Gasteiger partial charge in [0.05, 0.1) is 18.8 Å². The maximum Gasteiger partial charge on any atom is 0.226 e. The van der Waals surface area contributed by atoms with Crippen LogP contribution in [0.25, 0.3) is 11.5 Å². The minimum atomic E-state index is 0. The highest BCUT2D eigenvalue weighted by Gasteiger charge is 2.24. The van der Waals surface area contributed by atoms with E-state index in [0.717, 1.165) is 43.3 Å². The summed E-state index contributed by atoms with van der Waals surface area (Å²) in [7, 11) is 3.57. The Morgan fingerprint density at radius 3 is 2.85 bits per heavy atom. The number of methoxy groups -OCH3 is 1. The number of halogens is 1. The zero-order chi connectivity index (χ0) is 17.6. The molecule has 1 atom stereocenters. The number of likely N-dealkylation sites (tertiary alicyclic amines) is 1. The molecule has 142 valence electrons. The molecule has 0 aliphatic carbocycles.